The maximum Gasteiger partial charge on any atom is 0.310 e. The number of ether oxygens (including phenoxy) is 1. The highest BCUT2D eigenvalue weighted by Gasteiger charge is 2.38. The molecule has 1 aliphatic rings. The molecule has 1 saturated heterocycles. The predicted molar refractivity (Wildman–Crippen MR) is 66.7 cm³/mol. The van der Waals surface area contributed by atoms with Crippen LogP contribution in [-0.2, 0) is 9.53 Å². The van der Waals surface area contributed by atoms with Gasteiger partial charge in [-0.15, -0.1) is 0 Å². The summed E-state index contributed by atoms with van der Waals surface area (Å²) in [5.74, 6) is -2.51. The van der Waals surface area contributed by atoms with E-state index in [9.17, 15) is 13.6 Å². The van der Waals surface area contributed by atoms with Gasteiger partial charge in [-0.25, -0.2) is 8.78 Å². The predicted octanol–water partition coefficient (Wildman–Crippen LogP) is 2.17. The van der Waals surface area contributed by atoms with Gasteiger partial charge >= 0.3 is 5.97 Å². The van der Waals surface area contributed by atoms with Gasteiger partial charge in [0.05, 0.1) is 12.5 Å². The maximum absolute atomic E-state index is 13.3. The molecule has 2 unspecified atom stereocenters. The van der Waals surface area contributed by atoms with Crippen LogP contribution in [0.1, 0.15) is 18.4 Å². The lowest BCUT2D eigenvalue weighted by atomic mass is 9.89. The van der Waals surface area contributed by atoms with E-state index < -0.39 is 11.6 Å². The molecule has 0 spiro atoms. The van der Waals surface area contributed by atoms with Gasteiger partial charge in [-0.05, 0) is 31.7 Å². The summed E-state index contributed by atoms with van der Waals surface area (Å²) in [6.07, 6.45) is 0. The molecule has 2 atom stereocenters. The van der Waals surface area contributed by atoms with Gasteiger partial charge in [0.2, 0.25) is 0 Å². The van der Waals surface area contributed by atoms with Gasteiger partial charge in [0.15, 0.2) is 11.6 Å². The van der Waals surface area contributed by atoms with Crippen LogP contribution in [0.25, 0.3) is 0 Å². The molecule has 2 rings (SSSR count). The molecule has 1 heterocycles. The molecule has 0 aliphatic carbocycles. The minimum Gasteiger partial charge on any atom is -0.466 e. The third-order valence-electron chi connectivity index (χ3n) is 3.46. The van der Waals surface area contributed by atoms with Gasteiger partial charge in [-0.1, -0.05) is 6.07 Å². The fourth-order valence-corrected chi connectivity index (χ4v) is 2.57. The summed E-state index contributed by atoms with van der Waals surface area (Å²) in [6.45, 7) is 3.28. The second-order valence-electron chi connectivity index (χ2n) is 4.86. The first-order valence-electron chi connectivity index (χ1n) is 6.33. The SMILES string of the molecule is CCOC(=O)C1CN(C)CC1c1ccc(F)c(F)c1. The Labute approximate surface area is 111 Å². The van der Waals surface area contributed by atoms with Crippen LogP contribution in [0.3, 0.4) is 0 Å². The van der Waals surface area contributed by atoms with Crippen molar-refractivity contribution in [1.82, 2.24) is 4.90 Å². The largest absolute Gasteiger partial charge is 0.466 e. The van der Waals surface area contributed by atoms with E-state index in [1.54, 1.807) is 6.92 Å². The Morgan fingerprint density at radius 3 is 2.74 bits per heavy atom. The summed E-state index contributed by atoms with van der Waals surface area (Å²) in [5.41, 5.74) is 0.640. The van der Waals surface area contributed by atoms with Crippen LogP contribution in [0.5, 0.6) is 0 Å². The first-order valence-corrected chi connectivity index (χ1v) is 6.33. The summed E-state index contributed by atoms with van der Waals surface area (Å²) in [7, 11) is 1.89. The number of likely N-dealkylation sites (N-methyl/N-ethyl adjacent to an activating group) is 1. The van der Waals surface area contributed by atoms with E-state index in [-0.39, 0.29) is 17.8 Å². The van der Waals surface area contributed by atoms with Crippen molar-refractivity contribution < 1.29 is 18.3 Å². The van der Waals surface area contributed by atoms with Gasteiger partial charge in [0.1, 0.15) is 0 Å². The van der Waals surface area contributed by atoms with Crippen LogP contribution < -0.4 is 0 Å². The van der Waals surface area contributed by atoms with E-state index in [0.717, 1.165) is 6.07 Å². The average Bonchev–Trinajstić information content (AvgIpc) is 2.75. The minimum atomic E-state index is -0.880. The second-order valence-corrected chi connectivity index (χ2v) is 4.86. The molecular formula is C14H17F2NO2. The van der Waals surface area contributed by atoms with Crippen LogP contribution in [0.15, 0.2) is 18.2 Å². The Hall–Kier alpha value is -1.49. The van der Waals surface area contributed by atoms with Crippen molar-refractivity contribution in [3.63, 3.8) is 0 Å². The summed E-state index contributed by atoms with van der Waals surface area (Å²) >= 11 is 0. The van der Waals surface area contributed by atoms with Gasteiger partial charge in [0.25, 0.3) is 0 Å². The zero-order valence-corrected chi connectivity index (χ0v) is 11.0. The highest BCUT2D eigenvalue weighted by molar-refractivity contribution is 5.74. The molecular weight excluding hydrogens is 252 g/mol. The molecule has 19 heavy (non-hydrogen) atoms. The molecule has 1 fully saturated rings. The van der Waals surface area contributed by atoms with Crippen molar-refractivity contribution in [3.05, 3.63) is 35.4 Å². The lowest BCUT2D eigenvalue weighted by Gasteiger charge is -2.17. The van der Waals surface area contributed by atoms with E-state index >= 15 is 0 Å². The molecule has 1 aromatic rings. The normalized spacial score (nSPS) is 23.6. The second kappa shape index (κ2) is 5.65. The highest BCUT2D eigenvalue weighted by atomic mass is 19.2. The fraction of sp³-hybridized carbons (Fsp3) is 0.500. The first kappa shape index (κ1) is 13.9. The molecule has 0 saturated carbocycles. The number of carbonyl (C=O) groups is 1. The molecule has 0 bridgehead atoms. The Morgan fingerprint density at radius 2 is 2.11 bits per heavy atom. The number of benzene rings is 1. The van der Waals surface area contributed by atoms with E-state index in [1.807, 2.05) is 11.9 Å². The number of esters is 1. The maximum atomic E-state index is 13.3. The summed E-state index contributed by atoms with van der Waals surface area (Å²) in [5, 5.41) is 0. The Morgan fingerprint density at radius 1 is 1.37 bits per heavy atom. The van der Waals surface area contributed by atoms with Crippen molar-refractivity contribution in [3.8, 4) is 0 Å². The van der Waals surface area contributed by atoms with E-state index in [2.05, 4.69) is 0 Å². The number of hydrogen-bond donors (Lipinski definition) is 0. The van der Waals surface area contributed by atoms with E-state index in [1.165, 1.54) is 12.1 Å². The Balaban J connectivity index is 2.25. The molecule has 0 aromatic heterocycles. The fourth-order valence-electron chi connectivity index (χ4n) is 2.57. The number of carbonyl (C=O) groups excluding carboxylic acids is 1. The molecule has 0 amide bonds. The van der Waals surface area contributed by atoms with Crippen molar-refractivity contribution in [2.75, 3.05) is 26.7 Å². The monoisotopic (exact) mass is 269 g/mol. The summed E-state index contributed by atoms with van der Waals surface area (Å²) in [6, 6.07) is 3.81. The zero-order valence-electron chi connectivity index (χ0n) is 11.0. The van der Waals surface area contributed by atoms with Gasteiger partial charge in [-0.3, -0.25) is 4.79 Å². The smallest absolute Gasteiger partial charge is 0.310 e. The third-order valence-corrected chi connectivity index (χ3v) is 3.46. The molecule has 0 N–H and O–H groups in total. The number of nitrogens with zero attached hydrogens (tertiary/aromatic N) is 1. The number of rotatable bonds is 3. The average molecular weight is 269 g/mol. The van der Waals surface area contributed by atoms with Crippen molar-refractivity contribution in [1.29, 1.82) is 0 Å². The number of hydrogen-bond acceptors (Lipinski definition) is 3. The minimum absolute atomic E-state index is 0.154. The zero-order chi connectivity index (χ0) is 14.0. The van der Waals surface area contributed by atoms with Crippen molar-refractivity contribution >= 4 is 5.97 Å². The van der Waals surface area contributed by atoms with Crippen LogP contribution in [-0.4, -0.2) is 37.6 Å². The van der Waals surface area contributed by atoms with Gasteiger partial charge in [-0.2, -0.15) is 0 Å². The van der Waals surface area contributed by atoms with Crippen LogP contribution in [0.4, 0.5) is 8.78 Å². The lowest BCUT2D eigenvalue weighted by Crippen LogP contribution is -2.24. The lowest BCUT2D eigenvalue weighted by molar-refractivity contribution is -0.147. The molecule has 1 aliphatic heterocycles. The molecule has 0 radical (unpaired) electrons. The van der Waals surface area contributed by atoms with Crippen molar-refractivity contribution in [2.45, 2.75) is 12.8 Å². The Kier molecular flexibility index (Phi) is 4.14. The molecule has 1 aromatic carbocycles. The van der Waals surface area contributed by atoms with Crippen LogP contribution >= 0.6 is 0 Å². The van der Waals surface area contributed by atoms with Crippen LogP contribution in [0.2, 0.25) is 0 Å². The summed E-state index contributed by atoms with van der Waals surface area (Å²) in [4.78, 5) is 13.9. The van der Waals surface area contributed by atoms with E-state index in [0.29, 0.717) is 25.3 Å². The Bertz CT molecular complexity index is 479. The number of likely N-dealkylation sites (tertiary alicyclic amines) is 1. The quantitative estimate of drug-likeness (QED) is 0.788. The standard InChI is InChI=1S/C14H17F2NO2/c1-3-19-14(18)11-8-17(2)7-10(11)9-4-5-12(15)13(16)6-9/h4-6,10-11H,3,7-8H2,1-2H3. The molecule has 104 valence electrons. The third kappa shape index (κ3) is 2.92. The number of halogens is 2. The van der Waals surface area contributed by atoms with Crippen molar-refractivity contribution in [2.24, 2.45) is 5.92 Å². The van der Waals surface area contributed by atoms with E-state index in [4.69, 9.17) is 4.74 Å². The van der Waals surface area contributed by atoms with Crippen LogP contribution in [0, 0.1) is 17.6 Å². The topological polar surface area (TPSA) is 29.5 Å². The molecule has 3 nitrogen and oxygen atoms in total. The first-order chi connectivity index (χ1) is 9.02. The van der Waals surface area contributed by atoms with Gasteiger partial charge in [0, 0.05) is 19.0 Å². The van der Waals surface area contributed by atoms with Gasteiger partial charge < -0.3 is 9.64 Å². The highest BCUT2D eigenvalue weighted by Crippen LogP contribution is 2.33. The summed E-state index contributed by atoms with van der Waals surface area (Å²) < 4.78 is 31.3. The molecule has 5 heteroatoms.